The highest BCUT2D eigenvalue weighted by atomic mass is 16.5. The number of methoxy groups -OCH3 is 1. The van der Waals surface area contributed by atoms with Crippen LogP contribution >= 0.6 is 0 Å². The van der Waals surface area contributed by atoms with E-state index in [1.165, 1.54) is 17.8 Å². The molecule has 2 heterocycles. The van der Waals surface area contributed by atoms with Crippen molar-refractivity contribution in [2.24, 2.45) is 0 Å². The van der Waals surface area contributed by atoms with E-state index in [1.807, 2.05) is 12.1 Å². The van der Waals surface area contributed by atoms with Crippen LogP contribution in [0.3, 0.4) is 0 Å². The van der Waals surface area contributed by atoms with Gasteiger partial charge in [-0.3, -0.25) is 0 Å². The SMILES string of the molecule is COc1ccc(N2C[C@](O)(c3ccc(C)cc3)[N+]3=C2CCCC3)cc1. The molecule has 0 spiro atoms. The van der Waals surface area contributed by atoms with Crippen LogP contribution < -0.4 is 9.64 Å². The number of β-amino-alcohol motifs (C(OH)–C–C–N with tert-alkyl or cyclic N) is 1. The van der Waals surface area contributed by atoms with Crippen LogP contribution in [0.2, 0.25) is 0 Å². The molecule has 4 nitrogen and oxygen atoms in total. The van der Waals surface area contributed by atoms with Crippen LogP contribution in [0, 0.1) is 6.92 Å². The molecule has 0 radical (unpaired) electrons. The fourth-order valence-electron chi connectivity index (χ4n) is 3.96. The molecule has 4 rings (SSSR count). The van der Waals surface area contributed by atoms with Crippen molar-refractivity contribution in [1.82, 2.24) is 0 Å². The third kappa shape index (κ3) is 2.71. The summed E-state index contributed by atoms with van der Waals surface area (Å²) in [6, 6.07) is 16.4. The largest absolute Gasteiger partial charge is 0.497 e. The number of benzene rings is 2. The minimum atomic E-state index is -0.969. The molecule has 2 aromatic rings. The molecule has 4 heteroatoms. The number of rotatable bonds is 3. The maximum atomic E-state index is 11.6. The zero-order chi connectivity index (χ0) is 17.4. The van der Waals surface area contributed by atoms with Gasteiger partial charge < -0.3 is 9.84 Å². The van der Waals surface area contributed by atoms with Crippen LogP contribution in [-0.4, -0.2) is 35.7 Å². The van der Waals surface area contributed by atoms with E-state index in [1.54, 1.807) is 7.11 Å². The first-order valence-corrected chi connectivity index (χ1v) is 8.96. The Morgan fingerprint density at radius 1 is 1.04 bits per heavy atom. The molecular weight excluding hydrogens is 312 g/mol. The van der Waals surface area contributed by atoms with Gasteiger partial charge in [0.25, 0.3) is 11.6 Å². The number of hydrogen-bond acceptors (Lipinski definition) is 3. The minimum absolute atomic E-state index is 0.553. The third-order valence-electron chi connectivity index (χ3n) is 5.38. The summed E-state index contributed by atoms with van der Waals surface area (Å²) < 4.78 is 7.47. The summed E-state index contributed by atoms with van der Waals surface area (Å²) in [7, 11) is 1.68. The molecule has 25 heavy (non-hydrogen) atoms. The van der Waals surface area contributed by atoms with E-state index in [4.69, 9.17) is 4.74 Å². The van der Waals surface area contributed by atoms with Crippen LogP contribution in [-0.2, 0) is 5.72 Å². The smallest absolute Gasteiger partial charge is 0.271 e. The van der Waals surface area contributed by atoms with Gasteiger partial charge >= 0.3 is 0 Å². The van der Waals surface area contributed by atoms with Crippen molar-refractivity contribution in [2.45, 2.75) is 31.9 Å². The number of anilines is 1. The van der Waals surface area contributed by atoms with E-state index < -0.39 is 5.72 Å². The lowest BCUT2D eigenvalue weighted by Crippen LogP contribution is -2.41. The van der Waals surface area contributed by atoms with Gasteiger partial charge in [-0.25, -0.2) is 9.48 Å². The maximum absolute atomic E-state index is 11.6. The van der Waals surface area contributed by atoms with Crippen LogP contribution in [0.4, 0.5) is 5.69 Å². The van der Waals surface area contributed by atoms with Crippen LogP contribution in [0.25, 0.3) is 0 Å². The van der Waals surface area contributed by atoms with Gasteiger partial charge in [-0.05, 0) is 44.0 Å². The van der Waals surface area contributed by atoms with Gasteiger partial charge in [0.05, 0.1) is 13.7 Å². The molecule has 2 aromatic carbocycles. The first-order valence-electron chi connectivity index (χ1n) is 8.96. The van der Waals surface area contributed by atoms with Gasteiger partial charge in [-0.2, -0.15) is 0 Å². The van der Waals surface area contributed by atoms with Crippen molar-refractivity contribution in [3.8, 4) is 5.75 Å². The second kappa shape index (κ2) is 6.19. The van der Waals surface area contributed by atoms with Crippen molar-refractivity contribution < 1.29 is 14.4 Å². The number of nitrogens with zero attached hydrogens (tertiary/aromatic N) is 2. The first-order chi connectivity index (χ1) is 12.1. The molecule has 2 aliphatic heterocycles. The zero-order valence-corrected chi connectivity index (χ0v) is 14.9. The van der Waals surface area contributed by atoms with Crippen molar-refractivity contribution in [3.63, 3.8) is 0 Å². The van der Waals surface area contributed by atoms with E-state index in [2.05, 4.69) is 52.8 Å². The van der Waals surface area contributed by atoms with Gasteiger partial charge in [0, 0.05) is 12.0 Å². The summed E-state index contributed by atoms with van der Waals surface area (Å²) in [5.74, 6) is 2.07. The van der Waals surface area contributed by atoms with E-state index in [-0.39, 0.29) is 0 Å². The number of aryl methyl sites for hydroxylation is 1. The van der Waals surface area contributed by atoms with Gasteiger partial charge in [0.15, 0.2) is 6.54 Å². The van der Waals surface area contributed by atoms with Crippen molar-refractivity contribution in [3.05, 3.63) is 59.7 Å². The Morgan fingerprint density at radius 3 is 2.44 bits per heavy atom. The molecule has 2 aliphatic rings. The maximum Gasteiger partial charge on any atom is 0.271 e. The molecule has 0 unspecified atom stereocenters. The standard InChI is InChI=1S/C21H25N2O2/c1-16-6-8-17(9-7-16)21(24)15-22(20-5-3-4-14-23(20)21)18-10-12-19(25-2)13-11-18/h6-13,24H,3-5,14-15H2,1-2H3/q+1/t21-/m0/s1. The summed E-state index contributed by atoms with van der Waals surface area (Å²) in [5.41, 5.74) is 2.31. The van der Waals surface area contributed by atoms with Gasteiger partial charge in [-0.1, -0.05) is 29.8 Å². The quantitative estimate of drug-likeness (QED) is 0.873. The Hall–Kier alpha value is -2.33. The van der Waals surface area contributed by atoms with Crippen LogP contribution in [0.1, 0.15) is 30.4 Å². The lowest BCUT2D eigenvalue weighted by Gasteiger charge is -2.24. The molecular formula is C21H25N2O2+. The number of aliphatic hydroxyl groups is 1. The number of amidine groups is 1. The second-order valence-corrected chi connectivity index (χ2v) is 6.99. The Morgan fingerprint density at radius 2 is 1.76 bits per heavy atom. The third-order valence-corrected chi connectivity index (χ3v) is 5.38. The topological polar surface area (TPSA) is 35.7 Å². The molecule has 0 aromatic heterocycles. The number of hydrogen-bond donors (Lipinski definition) is 1. The summed E-state index contributed by atoms with van der Waals surface area (Å²) >= 11 is 0. The molecule has 0 bridgehead atoms. The van der Waals surface area contributed by atoms with E-state index in [9.17, 15) is 5.11 Å². The first kappa shape index (κ1) is 16.2. The van der Waals surface area contributed by atoms with E-state index in [0.717, 1.165) is 36.4 Å². The monoisotopic (exact) mass is 337 g/mol. The Labute approximate surface area is 149 Å². The molecule has 0 fully saturated rings. The summed E-state index contributed by atoms with van der Waals surface area (Å²) in [4.78, 5) is 2.26. The van der Waals surface area contributed by atoms with E-state index >= 15 is 0 Å². The van der Waals surface area contributed by atoms with Crippen molar-refractivity contribution >= 4 is 11.5 Å². The highest BCUT2D eigenvalue weighted by molar-refractivity contribution is 5.96. The molecule has 0 saturated heterocycles. The minimum Gasteiger partial charge on any atom is -0.497 e. The molecule has 0 aliphatic carbocycles. The van der Waals surface area contributed by atoms with Crippen molar-refractivity contribution in [2.75, 3.05) is 25.1 Å². The van der Waals surface area contributed by atoms with Crippen molar-refractivity contribution in [1.29, 1.82) is 0 Å². The average Bonchev–Trinajstić information content (AvgIpc) is 2.97. The Bertz CT molecular complexity index is 796. The fraction of sp³-hybridized carbons (Fsp3) is 0.381. The lowest BCUT2D eigenvalue weighted by atomic mass is 10.0. The number of ether oxygens (including phenoxy) is 1. The highest BCUT2D eigenvalue weighted by Gasteiger charge is 2.52. The predicted molar refractivity (Wildman–Crippen MR) is 99.4 cm³/mol. The average molecular weight is 337 g/mol. The molecule has 0 amide bonds. The summed E-state index contributed by atoms with van der Waals surface area (Å²) in [6.07, 6.45) is 3.29. The molecule has 130 valence electrons. The zero-order valence-electron chi connectivity index (χ0n) is 14.9. The van der Waals surface area contributed by atoms with Crippen LogP contribution in [0.5, 0.6) is 5.75 Å². The van der Waals surface area contributed by atoms with Crippen LogP contribution in [0.15, 0.2) is 48.5 Å². The fourth-order valence-corrected chi connectivity index (χ4v) is 3.96. The highest BCUT2D eigenvalue weighted by Crippen LogP contribution is 2.36. The normalized spacial score (nSPS) is 22.9. The van der Waals surface area contributed by atoms with Gasteiger partial charge in [0.1, 0.15) is 11.4 Å². The lowest BCUT2D eigenvalue weighted by molar-refractivity contribution is -0.661. The Balaban J connectivity index is 1.75. The van der Waals surface area contributed by atoms with Gasteiger partial charge in [0.2, 0.25) is 0 Å². The summed E-state index contributed by atoms with van der Waals surface area (Å²) in [6.45, 7) is 3.52. The van der Waals surface area contributed by atoms with Gasteiger partial charge in [-0.15, -0.1) is 0 Å². The second-order valence-electron chi connectivity index (χ2n) is 6.99. The molecule has 0 saturated carbocycles. The molecule has 1 atom stereocenters. The Kier molecular flexibility index (Phi) is 4.00. The summed E-state index contributed by atoms with van der Waals surface area (Å²) in [5, 5.41) is 11.6. The van der Waals surface area contributed by atoms with E-state index in [0.29, 0.717) is 6.54 Å². The predicted octanol–water partition coefficient (Wildman–Crippen LogP) is 3.26. The molecule has 1 N–H and O–H groups in total.